The van der Waals surface area contributed by atoms with Crippen molar-refractivity contribution >= 4 is 17.9 Å². The molecule has 2 unspecified atom stereocenters. The lowest BCUT2D eigenvalue weighted by atomic mass is 9.86. The first kappa shape index (κ1) is 30.8. The van der Waals surface area contributed by atoms with Crippen LogP contribution in [-0.2, 0) is 27.3 Å². The van der Waals surface area contributed by atoms with Gasteiger partial charge in [-0.05, 0) is 81.7 Å². The summed E-state index contributed by atoms with van der Waals surface area (Å²) in [4.78, 5) is 43.6. The van der Waals surface area contributed by atoms with Crippen LogP contribution in [0.15, 0.2) is 78.9 Å². The third kappa shape index (κ3) is 7.99. The first-order chi connectivity index (χ1) is 20.0. The van der Waals surface area contributed by atoms with Crippen molar-refractivity contribution in [3.05, 3.63) is 107 Å². The topological polar surface area (TPSA) is 87.7 Å². The number of ether oxygens (including phenoxy) is 1. The van der Waals surface area contributed by atoms with Gasteiger partial charge in [0, 0.05) is 19.0 Å². The number of carbonyl (C=O) groups excluding carboxylic acids is 3. The summed E-state index contributed by atoms with van der Waals surface area (Å²) < 4.78 is 5.55. The van der Waals surface area contributed by atoms with Gasteiger partial charge in [0.2, 0.25) is 11.8 Å². The van der Waals surface area contributed by atoms with Crippen LogP contribution in [0.1, 0.15) is 73.9 Å². The second-order valence-corrected chi connectivity index (χ2v) is 12.1. The molecule has 0 saturated heterocycles. The van der Waals surface area contributed by atoms with Crippen molar-refractivity contribution in [3.63, 3.8) is 0 Å². The quantitative estimate of drug-likeness (QED) is 0.305. The molecule has 3 aromatic rings. The summed E-state index contributed by atoms with van der Waals surface area (Å²) in [6.07, 6.45) is 2.17. The minimum atomic E-state index is -0.920. The van der Waals surface area contributed by atoms with Gasteiger partial charge in [-0.25, -0.2) is 4.79 Å². The Morgan fingerprint density at radius 1 is 0.857 bits per heavy atom. The summed E-state index contributed by atoms with van der Waals surface area (Å²) in [6, 6.07) is 23.3. The van der Waals surface area contributed by atoms with Gasteiger partial charge in [-0.2, -0.15) is 0 Å². The summed E-state index contributed by atoms with van der Waals surface area (Å²) >= 11 is 0. The smallest absolute Gasteiger partial charge is 0.408 e. The lowest BCUT2D eigenvalue weighted by molar-refractivity contribution is -0.147. The van der Waals surface area contributed by atoms with Crippen molar-refractivity contribution in [3.8, 4) is 0 Å². The molecule has 0 bridgehead atoms. The zero-order chi connectivity index (χ0) is 30.3. The van der Waals surface area contributed by atoms with Crippen LogP contribution in [0.5, 0.6) is 0 Å². The van der Waals surface area contributed by atoms with Crippen LogP contribution < -0.4 is 10.6 Å². The number of hydrogen-bond donors (Lipinski definition) is 2. The first-order valence-corrected chi connectivity index (χ1v) is 14.8. The predicted molar refractivity (Wildman–Crippen MR) is 165 cm³/mol. The van der Waals surface area contributed by atoms with E-state index in [2.05, 4.69) is 10.6 Å². The molecule has 1 fully saturated rings. The van der Waals surface area contributed by atoms with E-state index in [1.54, 1.807) is 25.7 Å². The molecule has 3 aromatic carbocycles. The predicted octanol–water partition coefficient (Wildman–Crippen LogP) is 6.18. The minimum Gasteiger partial charge on any atom is -0.444 e. The summed E-state index contributed by atoms with van der Waals surface area (Å²) in [7, 11) is 0. The molecule has 0 spiro atoms. The van der Waals surface area contributed by atoms with E-state index in [4.69, 9.17) is 4.74 Å². The van der Waals surface area contributed by atoms with E-state index >= 15 is 0 Å². The molecule has 0 aliphatic heterocycles. The van der Waals surface area contributed by atoms with Crippen LogP contribution in [0.25, 0.3) is 0 Å². The molecule has 0 radical (unpaired) electrons. The lowest BCUT2D eigenvalue weighted by Gasteiger charge is -2.44. The maximum Gasteiger partial charge on any atom is 0.408 e. The van der Waals surface area contributed by atoms with E-state index < -0.39 is 23.8 Å². The molecule has 2 N–H and O–H groups in total. The van der Waals surface area contributed by atoms with Gasteiger partial charge < -0.3 is 20.3 Å². The zero-order valence-corrected chi connectivity index (χ0v) is 25.4. The highest BCUT2D eigenvalue weighted by Gasteiger charge is 2.43. The van der Waals surface area contributed by atoms with Crippen molar-refractivity contribution in [2.45, 2.75) is 90.6 Å². The number of nitrogens with one attached hydrogen (secondary N) is 2. The summed E-state index contributed by atoms with van der Waals surface area (Å²) in [6.45, 7) is 9.66. The molecule has 1 aliphatic carbocycles. The Bertz CT molecular complexity index is 1340. The van der Waals surface area contributed by atoms with Crippen LogP contribution in [0.2, 0.25) is 0 Å². The Balaban J connectivity index is 1.74. The van der Waals surface area contributed by atoms with Crippen LogP contribution in [0.4, 0.5) is 4.79 Å². The number of alkyl carbamates (subject to hydrolysis) is 1. The highest BCUT2D eigenvalue weighted by Crippen LogP contribution is 2.36. The second-order valence-electron chi connectivity index (χ2n) is 12.1. The van der Waals surface area contributed by atoms with E-state index in [-0.39, 0.29) is 24.3 Å². The Morgan fingerprint density at radius 3 is 1.95 bits per heavy atom. The highest BCUT2D eigenvalue weighted by molar-refractivity contribution is 5.93. The first-order valence-electron chi connectivity index (χ1n) is 14.8. The average Bonchev–Trinajstić information content (AvgIpc) is 2.91. The number of aryl methyl sites for hydroxylation is 2. The van der Waals surface area contributed by atoms with E-state index in [1.165, 1.54) is 0 Å². The fourth-order valence-corrected chi connectivity index (χ4v) is 5.40. The Hall–Kier alpha value is -4.13. The van der Waals surface area contributed by atoms with Gasteiger partial charge in [-0.15, -0.1) is 0 Å². The fraction of sp³-hybridized carbons (Fsp3) is 0.400. The molecule has 1 saturated carbocycles. The van der Waals surface area contributed by atoms with Crippen molar-refractivity contribution in [2.24, 2.45) is 0 Å². The van der Waals surface area contributed by atoms with Gasteiger partial charge in [-0.3, -0.25) is 9.59 Å². The normalized spacial score (nSPS) is 14.7. The number of amides is 3. The number of rotatable bonds is 10. The van der Waals surface area contributed by atoms with Gasteiger partial charge >= 0.3 is 6.09 Å². The molecule has 222 valence electrons. The van der Waals surface area contributed by atoms with E-state index in [0.29, 0.717) is 6.54 Å². The number of nitrogens with zero attached hydrogens (tertiary/aromatic N) is 1. The zero-order valence-electron chi connectivity index (χ0n) is 25.4. The van der Waals surface area contributed by atoms with E-state index in [1.807, 2.05) is 92.7 Å². The standard InChI is InChI=1S/C35H43N3O4/c1-24-14-12-15-25(2)30(24)31(32(39)36-23-27-18-10-7-11-19-27)38(28-20-13-21-28)33(40)29(22-26-16-8-6-9-17-26)37-34(41)42-35(3,4)5/h6-12,14-19,28-29,31H,13,20-23H2,1-5H3,(H,36,39)(H,37,41). The Morgan fingerprint density at radius 2 is 1.43 bits per heavy atom. The maximum atomic E-state index is 14.7. The summed E-state index contributed by atoms with van der Waals surface area (Å²) in [5.41, 5.74) is 3.84. The van der Waals surface area contributed by atoms with Crippen LogP contribution >= 0.6 is 0 Å². The maximum absolute atomic E-state index is 14.7. The molecule has 1 aliphatic rings. The van der Waals surface area contributed by atoms with Crippen LogP contribution in [0.3, 0.4) is 0 Å². The van der Waals surface area contributed by atoms with Gasteiger partial charge in [0.05, 0.1) is 0 Å². The fourth-order valence-electron chi connectivity index (χ4n) is 5.40. The molecule has 42 heavy (non-hydrogen) atoms. The summed E-state index contributed by atoms with van der Waals surface area (Å²) in [5, 5.41) is 5.96. The van der Waals surface area contributed by atoms with Gasteiger partial charge in [-0.1, -0.05) is 78.9 Å². The molecule has 3 amide bonds. The Kier molecular flexibility index (Phi) is 10.0. The van der Waals surface area contributed by atoms with Crippen molar-refractivity contribution in [1.29, 1.82) is 0 Å². The molecule has 7 heteroatoms. The van der Waals surface area contributed by atoms with Crippen molar-refractivity contribution in [2.75, 3.05) is 0 Å². The molecule has 2 atom stereocenters. The third-order valence-electron chi connectivity index (χ3n) is 7.65. The SMILES string of the molecule is Cc1cccc(C)c1C(C(=O)NCc1ccccc1)N(C(=O)C(Cc1ccccc1)NC(=O)OC(C)(C)C)C1CCC1. The summed E-state index contributed by atoms with van der Waals surface area (Å²) in [5.74, 6) is -0.538. The van der Waals surface area contributed by atoms with Crippen LogP contribution in [-0.4, -0.2) is 40.5 Å². The molecule has 0 heterocycles. The highest BCUT2D eigenvalue weighted by atomic mass is 16.6. The van der Waals surface area contributed by atoms with Crippen molar-refractivity contribution in [1.82, 2.24) is 15.5 Å². The minimum absolute atomic E-state index is 0.123. The largest absolute Gasteiger partial charge is 0.444 e. The second kappa shape index (κ2) is 13.7. The van der Waals surface area contributed by atoms with Gasteiger partial charge in [0.1, 0.15) is 17.7 Å². The number of carbonyl (C=O) groups is 3. The van der Waals surface area contributed by atoms with Gasteiger partial charge in [0.25, 0.3) is 0 Å². The average molecular weight is 570 g/mol. The van der Waals surface area contributed by atoms with Crippen molar-refractivity contribution < 1.29 is 19.1 Å². The van der Waals surface area contributed by atoms with E-state index in [0.717, 1.165) is 47.1 Å². The number of hydrogen-bond acceptors (Lipinski definition) is 4. The molecule has 7 nitrogen and oxygen atoms in total. The van der Waals surface area contributed by atoms with Crippen LogP contribution in [0, 0.1) is 13.8 Å². The number of benzene rings is 3. The lowest BCUT2D eigenvalue weighted by Crippen LogP contribution is -2.58. The van der Waals surface area contributed by atoms with Gasteiger partial charge in [0.15, 0.2) is 0 Å². The molecule has 4 rings (SSSR count). The van der Waals surface area contributed by atoms with E-state index in [9.17, 15) is 14.4 Å². The molecular weight excluding hydrogens is 526 g/mol. The third-order valence-corrected chi connectivity index (χ3v) is 7.65. The monoisotopic (exact) mass is 569 g/mol. The Labute approximate surface area is 249 Å². The molecular formula is C35H43N3O4. The molecule has 0 aromatic heterocycles.